The van der Waals surface area contributed by atoms with Crippen molar-refractivity contribution in [1.29, 1.82) is 0 Å². The molecule has 35 heavy (non-hydrogen) atoms. The minimum atomic E-state index is -6.14. The average molecular weight is 537 g/mol. The van der Waals surface area contributed by atoms with Gasteiger partial charge in [-0.1, -0.05) is 76.2 Å². The summed E-state index contributed by atoms with van der Waals surface area (Å²) in [6, 6.07) is 5.76. The van der Waals surface area contributed by atoms with Gasteiger partial charge in [0, 0.05) is 20.1 Å². The summed E-state index contributed by atoms with van der Waals surface area (Å²) in [6.07, 6.45) is -12.7. The van der Waals surface area contributed by atoms with Gasteiger partial charge in [0.05, 0.1) is 0 Å². The van der Waals surface area contributed by atoms with Gasteiger partial charge in [-0.3, -0.25) is 0 Å². The van der Waals surface area contributed by atoms with Gasteiger partial charge in [0.15, 0.2) is 6.29 Å². The molecule has 0 aliphatic carbocycles. The van der Waals surface area contributed by atoms with E-state index >= 15 is 0 Å². The van der Waals surface area contributed by atoms with Gasteiger partial charge >= 0.3 is 23.9 Å². The van der Waals surface area contributed by atoms with Gasteiger partial charge in [-0.05, 0) is 17.0 Å². The number of hydrogen-bond acceptors (Lipinski definition) is 5. The molecule has 2 unspecified atom stereocenters. The highest BCUT2D eigenvalue weighted by Crippen LogP contribution is 2.48. The molecule has 1 aromatic carbocycles. The molecule has 1 aromatic rings. The van der Waals surface area contributed by atoms with Gasteiger partial charge in [0.25, 0.3) is 0 Å². The number of rotatable bonds is 10. The van der Waals surface area contributed by atoms with Gasteiger partial charge < -0.3 is 18.9 Å². The van der Waals surface area contributed by atoms with E-state index in [-0.39, 0.29) is 11.1 Å². The second-order valence-corrected chi connectivity index (χ2v) is 8.43. The van der Waals surface area contributed by atoms with Crippen molar-refractivity contribution >= 4 is 23.6 Å². The molecule has 0 aliphatic rings. The van der Waals surface area contributed by atoms with Gasteiger partial charge in [-0.2, -0.15) is 26.3 Å². The van der Waals surface area contributed by atoms with Crippen molar-refractivity contribution in [3.8, 4) is 0 Å². The lowest BCUT2D eigenvalue weighted by molar-refractivity contribution is -0.398. The highest BCUT2D eigenvalue weighted by Gasteiger charge is 2.79. The Kier molecular flexibility index (Phi) is 13.3. The van der Waals surface area contributed by atoms with Crippen molar-refractivity contribution in [3.05, 3.63) is 42.0 Å². The fourth-order valence-electron chi connectivity index (χ4n) is 2.48. The fraction of sp³-hybridized carbons (Fsp3) is 0.609. The first-order chi connectivity index (χ1) is 16.0. The minimum absolute atomic E-state index is 0.125. The summed E-state index contributed by atoms with van der Waals surface area (Å²) in [7, 11) is 2.48. The Hall–Kier alpha value is -1.82. The maximum Gasteiger partial charge on any atom is 0.437 e. The minimum Gasteiger partial charge on any atom is -0.458 e. The number of ether oxygens (including phenoxy) is 4. The Labute approximate surface area is 206 Å². The molecule has 0 N–H and O–H groups in total. The Bertz CT molecular complexity index is 764. The van der Waals surface area contributed by atoms with Crippen LogP contribution in [0.3, 0.4) is 0 Å². The van der Waals surface area contributed by atoms with Crippen LogP contribution in [0.2, 0.25) is 0 Å². The molecular weight excluding hydrogens is 506 g/mol. The standard InChI is InChI=1S/C18H20F6O4.C5H11ClO/c1-5-12-6-8-13(9-7-12)10-27-15(25)16(17(19,20)21,18(22,23)24)28-14(26-4)11(2)3;1-4(2)5(6)7-3/h5-9,11,14H,1,10H2,2-4H3;4-5H,1-3H3. The number of methoxy groups -OCH3 is 2. The molecule has 0 radical (unpaired) electrons. The normalized spacial score (nSPS) is 14.3. The van der Waals surface area contributed by atoms with Crippen LogP contribution in [0.4, 0.5) is 26.3 Å². The van der Waals surface area contributed by atoms with Crippen molar-refractivity contribution in [2.45, 2.75) is 64.1 Å². The van der Waals surface area contributed by atoms with Crippen LogP contribution in [-0.4, -0.2) is 50.0 Å². The summed E-state index contributed by atoms with van der Waals surface area (Å²) in [5.41, 5.74) is -4.46. The second-order valence-electron chi connectivity index (χ2n) is 8.00. The molecule has 0 aromatic heterocycles. The Morgan fingerprint density at radius 1 is 0.943 bits per heavy atom. The summed E-state index contributed by atoms with van der Waals surface area (Å²) in [5, 5.41) is 0. The lowest BCUT2D eigenvalue weighted by Gasteiger charge is -2.37. The predicted molar refractivity (Wildman–Crippen MR) is 119 cm³/mol. The van der Waals surface area contributed by atoms with E-state index in [4.69, 9.17) is 16.3 Å². The zero-order valence-electron chi connectivity index (χ0n) is 20.3. The van der Waals surface area contributed by atoms with E-state index in [2.05, 4.69) is 20.8 Å². The molecule has 0 fully saturated rings. The zero-order valence-corrected chi connectivity index (χ0v) is 21.1. The van der Waals surface area contributed by atoms with Gasteiger partial charge in [-0.25, -0.2) is 4.79 Å². The predicted octanol–water partition coefficient (Wildman–Crippen LogP) is 6.74. The molecule has 1 rings (SSSR count). The zero-order chi connectivity index (χ0) is 27.6. The van der Waals surface area contributed by atoms with Crippen molar-refractivity contribution < 1.29 is 50.1 Å². The molecule has 202 valence electrons. The van der Waals surface area contributed by atoms with Gasteiger partial charge in [-0.15, -0.1) is 0 Å². The summed E-state index contributed by atoms with van der Waals surface area (Å²) < 4.78 is 98.9. The van der Waals surface area contributed by atoms with E-state index in [0.29, 0.717) is 11.5 Å². The molecule has 0 saturated heterocycles. The van der Waals surface area contributed by atoms with Crippen LogP contribution in [-0.2, 0) is 30.3 Å². The van der Waals surface area contributed by atoms with Crippen LogP contribution in [0.5, 0.6) is 0 Å². The largest absolute Gasteiger partial charge is 0.458 e. The van der Waals surface area contributed by atoms with E-state index in [1.807, 2.05) is 13.8 Å². The van der Waals surface area contributed by atoms with Crippen LogP contribution in [0.15, 0.2) is 30.8 Å². The molecule has 0 aliphatic heterocycles. The van der Waals surface area contributed by atoms with Crippen molar-refractivity contribution in [2.75, 3.05) is 14.2 Å². The average Bonchev–Trinajstić information content (AvgIpc) is 2.76. The van der Waals surface area contributed by atoms with Gasteiger partial charge in [0.1, 0.15) is 12.2 Å². The number of hydrogen-bond donors (Lipinski definition) is 0. The molecule has 2 atom stereocenters. The third-order valence-electron chi connectivity index (χ3n) is 4.49. The number of esters is 1. The lowest BCUT2D eigenvalue weighted by atomic mass is 10.0. The van der Waals surface area contributed by atoms with E-state index in [0.717, 1.165) is 7.11 Å². The maximum atomic E-state index is 13.5. The van der Waals surface area contributed by atoms with E-state index in [9.17, 15) is 31.1 Å². The number of alkyl halides is 7. The van der Waals surface area contributed by atoms with E-state index in [1.54, 1.807) is 7.11 Å². The highest BCUT2D eigenvalue weighted by molar-refractivity contribution is 6.19. The smallest absolute Gasteiger partial charge is 0.437 e. The summed E-state index contributed by atoms with van der Waals surface area (Å²) in [5.74, 6) is -3.12. The topological polar surface area (TPSA) is 54.0 Å². The maximum absolute atomic E-state index is 13.5. The van der Waals surface area contributed by atoms with Crippen molar-refractivity contribution in [3.63, 3.8) is 0 Å². The van der Waals surface area contributed by atoms with Crippen molar-refractivity contribution in [1.82, 2.24) is 0 Å². The fourth-order valence-corrected chi connectivity index (χ4v) is 2.48. The molecule has 0 spiro atoms. The number of carbonyl (C=O) groups is 1. The van der Waals surface area contributed by atoms with Crippen LogP contribution in [0.25, 0.3) is 6.08 Å². The first-order valence-electron chi connectivity index (χ1n) is 10.4. The number of benzene rings is 1. The first kappa shape index (κ1) is 33.2. The van der Waals surface area contributed by atoms with E-state index < -0.39 is 42.7 Å². The summed E-state index contributed by atoms with van der Waals surface area (Å²) in [6.45, 7) is 9.28. The van der Waals surface area contributed by atoms with Crippen LogP contribution in [0, 0.1) is 11.8 Å². The quantitative estimate of drug-likeness (QED) is 0.143. The SMILES string of the molecule is C=Cc1ccc(COC(=O)C(OC(OC)C(C)C)(C(F)(F)F)C(F)(F)F)cc1.COC(Cl)C(C)C. The monoisotopic (exact) mass is 536 g/mol. The molecule has 12 heteroatoms. The molecular formula is C23H31ClF6O5. The number of carbonyl (C=O) groups excluding carboxylic acids is 1. The summed E-state index contributed by atoms with van der Waals surface area (Å²) >= 11 is 5.58. The second kappa shape index (κ2) is 14.1. The van der Waals surface area contributed by atoms with Crippen LogP contribution < -0.4 is 0 Å². The Morgan fingerprint density at radius 3 is 1.71 bits per heavy atom. The van der Waals surface area contributed by atoms with Crippen molar-refractivity contribution in [2.24, 2.45) is 11.8 Å². The molecule has 0 heterocycles. The molecule has 0 amide bonds. The third kappa shape index (κ3) is 9.29. The highest BCUT2D eigenvalue weighted by atomic mass is 35.5. The Balaban J connectivity index is 0.00000143. The van der Waals surface area contributed by atoms with Gasteiger partial charge in [0.2, 0.25) is 0 Å². The summed E-state index contributed by atoms with van der Waals surface area (Å²) in [4.78, 5) is 12.1. The first-order valence-corrected chi connectivity index (χ1v) is 10.8. The van der Waals surface area contributed by atoms with Crippen LogP contribution >= 0.6 is 11.6 Å². The molecule has 5 nitrogen and oxygen atoms in total. The lowest BCUT2D eigenvalue weighted by Crippen LogP contribution is -2.66. The Morgan fingerprint density at radius 2 is 1.43 bits per heavy atom. The van der Waals surface area contributed by atoms with E-state index in [1.165, 1.54) is 44.2 Å². The third-order valence-corrected chi connectivity index (χ3v) is 5.17. The van der Waals surface area contributed by atoms with Crippen LogP contribution in [0.1, 0.15) is 38.8 Å². The number of halogens is 7. The molecule has 0 bridgehead atoms. The molecule has 0 saturated carbocycles.